The fourth-order valence-corrected chi connectivity index (χ4v) is 3.63. The number of ether oxygens (including phenoxy) is 1. The highest BCUT2D eigenvalue weighted by molar-refractivity contribution is 6.21. The zero-order valence-electron chi connectivity index (χ0n) is 15.2. The van der Waals surface area contributed by atoms with Crippen LogP contribution in [0.3, 0.4) is 0 Å². The first kappa shape index (κ1) is 23.1. The van der Waals surface area contributed by atoms with Gasteiger partial charge in [0.05, 0.1) is 24.9 Å². The monoisotopic (exact) mass is 390 g/mol. The molecule has 0 heterocycles. The van der Waals surface area contributed by atoms with Crippen LogP contribution in [0.5, 0.6) is 0 Å². The second kappa shape index (κ2) is 12.5. The lowest BCUT2D eigenvalue weighted by Crippen LogP contribution is -2.19. The van der Waals surface area contributed by atoms with Gasteiger partial charge >= 0.3 is 5.97 Å². The number of aliphatic hydroxyl groups excluding tert-OH is 3. The molecule has 6 nitrogen and oxygen atoms in total. The molecule has 1 rings (SSSR count). The summed E-state index contributed by atoms with van der Waals surface area (Å²) in [7, 11) is 0. The van der Waals surface area contributed by atoms with Crippen molar-refractivity contribution in [3.05, 3.63) is 24.3 Å². The third kappa shape index (κ3) is 9.14. The molecule has 0 amide bonds. The summed E-state index contributed by atoms with van der Waals surface area (Å²) >= 11 is 6.36. The van der Waals surface area contributed by atoms with Gasteiger partial charge in [-0.15, -0.1) is 11.6 Å². The van der Waals surface area contributed by atoms with Crippen LogP contribution in [0.1, 0.15) is 39.0 Å². The first-order chi connectivity index (χ1) is 12.3. The highest BCUT2D eigenvalue weighted by Crippen LogP contribution is 2.39. The fraction of sp³-hybridized carbons (Fsp3) is 0.737. The van der Waals surface area contributed by atoms with Crippen LogP contribution in [0.4, 0.5) is 0 Å². The van der Waals surface area contributed by atoms with Crippen LogP contribution in [-0.2, 0) is 9.53 Å². The van der Waals surface area contributed by atoms with E-state index in [-0.39, 0.29) is 36.5 Å². The molecule has 150 valence electrons. The predicted molar refractivity (Wildman–Crippen MR) is 100 cm³/mol. The maximum atomic E-state index is 10.4. The Balaban J connectivity index is 2.46. The van der Waals surface area contributed by atoms with Crippen LogP contribution >= 0.6 is 11.6 Å². The van der Waals surface area contributed by atoms with E-state index in [4.69, 9.17) is 21.4 Å². The lowest BCUT2D eigenvalue weighted by atomic mass is 9.90. The van der Waals surface area contributed by atoms with Crippen LogP contribution in [0.2, 0.25) is 0 Å². The average Bonchev–Trinajstić information content (AvgIpc) is 2.81. The first-order valence-corrected chi connectivity index (χ1v) is 9.56. The molecule has 1 aliphatic carbocycles. The molecule has 0 unspecified atom stereocenters. The highest BCUT2D eigenvalue weighted by Gasteiger charge is 2.39. The molecule has 0 bridgehead atoms. The van der Waals surface area contributed by atoms with Crippen LogP contribution in [0.25, 0.3) is 0 Å². The largest absolute Gasteiger partial charge is 0.480 e. The molecule has 0 aliphatic heterocycles. The zero-order chi connectivity index (χ0) is 19.5. The van der Waals surface area contributed by atoms with Crippen molar-refractivity contribution in [2.24, 2.45) is 11.8 Å². The van der Waals surface area contributed by atoms with Gasteiger partial charge < -0.3 is 25.2 Å². The maximum absolute atomic E-state index is 10.4. The number of aliphatic carboxylic acids is 1. The number of halogens is 1. The molecule has 0 saturated heterocycles. The van der Waals surface area contributed by atoms with Crippen molar-refractivity contribution in [1.29, 1.82) is 0 Å². The molecule has 0 aromatic heterocycles. The second-order valence-corrected chi connectivity index (χ2v) is 7.47. The SMILES string of the molecule is C[C@@H](O)CCC[C@H](O)/C=C/[C@@H]1[C@@H](C/C=C\COCC(=O)O)[C@H](Cl)C[C@H]1O. The molecule has 6 atom stereocenters. The average molecular weight is 391 g/mol. The van der Waals surface area contributed by atoms with Crippen molar-refractivity contribution < 1.29 is 30.0 Å². The molecule has 0 spiro atoms. The number of hydrogen-bond acceptors (Lipinski definition) is 5. The third-order valence-electron chi connectivity index (χ3n) is 4.56. The Kier molecular flexibility index (Phi) is 11.1. The molecule has 0 aromatic carbocycles. The molecule has 1 fully saturated rings. The van der Waals surface area contributed by atoms with Gasteiger partial charge in [-0.2, -0.15) is 0 Å². The van der Waals surface area contributed by atoms with E-state index in [1.54, 1.807) is 19.1 Å². The number of allylic oxidation sites excluding steroid dienone is 1. The van der Waals surface area contributed by atoms with E-state index in [1.807, 2.05) is 12.2 Å². The van der Waals surface area contributed by atoms with Gasteiger partial charge in [-0.3, -0.25) is 0 Å². The number of hydrogen-bond donors (Lipinski definition) is 4. The summed E-state index contributed by atoms with van der Waals surface area (Å²) in [6, 6.07) is 0. The first-order valence-electron chi connectivity index (χ1n) is 9.12. The van der Waals surface area contributed by atoms with Gasteiger partial charge in [-0.05, 0) is 44.9 Å². The summed E-state index contributed by atoms with van der Waals surface area (Å²) in [6.45, 7) is 1.61. The van der Waals surface area contributed by atoms with E-state index in [9.17, 15) is 20.1 Å². The molecule has 1 saturated carbocycles. The molecule has 26 heavy (non-hydrogen) atoms. The van der Waals surface area contributed by atoms with Crippen LogP contribution in [-0.4, -0.2) is 63.3 Å². The standard InChI is InChI=1S/C19H31ClO6/c1-13(21)5-4-6-14(22)8-9-16-15(17(20)11-18(16)23)7-2-3-10-26-12-19(24)25/h2-3,8-9,13-18,21-23H,4-7,10-12H2,1H3,(H,24,25)/b3-2-,9-8+/t13-,14+,15-,16-,17-,18-/m1/s1. The number of rotatable bonds is 12. The zero-order valence-corrected chi connectivity index (χ0v) is 16.0. The summed E-state index contributed by atoms with van der Waals surface area (Å²) in [5, 5.41) is 37.8. The van der Waals surface area contributed by atoms with Crippen molar-refractivity contribution in [3.8, 4) is 0 Å². The molecular weight excluding hydrogens is 360 g/mol. The maximum Gasteiger partial charge on any atom is 0.329 e. The number of alkyl halides is 1. The summed E-state index contributed by atoms with van der Waals surface area (Å²) in [4.78, 5) is 10.4. The lowest BCUT2D eigenvalue weighted by molar-refractivity contribution is -0.141. The van der Waals surface area contributed by atoms with E-state index in [0.29, 0.717) is 25.7 Å². The summed E-state index contributed by atoms with van der Waals surface area (Å²) in [6.07, 6.45) is 8.79. The van der Waals surface area contributed by atoms with Crippen LogP contribution < -0.4 is 0 Å². The quantitative estimate of drug-likeness (QED) is 0.231. The normalized spacial score (nSPS) is 28.8. The molecule has 0 radical (unpaired) electrons. The van der Waals surface area contributed by atoms with E-state index >= 15 is 0 Å². The highest BCUT2D eigenvalue weighted by atomic mass is 35.5. The van der Waals surface area contributed by atoms with Gasteiger partial charge in [0.15, 0.2) is 0 Å². The van der Waals surface area contributed by atoms with E-state index in [1.165, 1.54) is 0 Å². The Labute approximate surface area is 160 Å². The minimum Gasteiger partial charge on any atom is -0.480 e. The van der Waals surface area contributed by atoms with Crippen molar-refractivity contribution in [2.45, 2.75) is 62.7 Å². The van der Waals surface area contributed by atoms with Gasteiger partial charge in [0, 0.05) is 11.3 Å². The Bertz CT molecular complexity index is 465. The Morgan fingerprint density at radius 3 is 2.69 bits per heavy atom. The van der Waals surface area contributed by atoms with Crippen molar-refractivity contribution in [1.82, 2.24) is 0 Å². The Hall–Kier alpha value is -0.920. The van der Waals surface area contributed by atoms with Gasteiger partial charge in [-0.1, -0.05) is 24.3 Å². The summed E-state index contributed by atoms with van der Waals surface area (Å²) in [5.74, 6) is -1.09. The molecule has 1 aliphatic rings. The van der Waals surface area contributed by atoms with Crippen LogP contribution in [0.15, 0.2) is 24.3 Å². The van der Waals surface area contributed by atoms with E-state index in [0.717, 1.165) is 6.42 Å². The number of aliphatic hydroxyl groups is 3. The van der Waals surface area contributed by atoms with E-state index < -0.39 is 18.2 Å². The molecular formula is C19H31ClO6. The molecule has 4 N–H and O–H groups in total. The third-order valence-corrected chi connectivity index (χ3v) is 5.06. The number of carboxylic acids is 1. The van der Waals surface area contributed by atoms with Crippen LogP contribution in [0, 0.1) is 11.8 Å². The fourth-order valence-electron chi connectivity index (χ4n) is 3.18. The topological polar surface area (TPSA) is 107 Å². The summed E-state index contributed by atoms with van der Waals surface area (Å²) < 4.78 is 4.93. The predicted octanol–water partition coefficient (Wildman–Crippen LogP) is 2.11. The summed E-state index contributed by atoms with van der Waals surface area (Å²) in [5.41, 5.74) is 0. The second-order valence-electron chi connectivity index (χ2n) is 6.91. The van der Waals surface area contributed by atoms with E-state index in [2.05, 4.69) is 0 Å². The minimum atomic E-state index is -1.00. The Morgan fingerprint density at radius 1 is 1.31 bits per heavy atom. The van der Waals surface area contributed by atoms with Crippen molar-refractivity contribution in [2.75, 3.05) is 13.2 Å². The van der Waals surface area contributed by atoms with Gasteiger partial charge in [0.2, 0.25) is 0 Å². The number of carboxylic acid groups (broad SMARTS) is 1. The molecule has 0 aromatic rings. The van der Waals surface area contributed by atoms with Crippen molar-refractivity contribution in [3.63, 3.8) is 0 Å². The van der Waals surface area contributed by atoms with Gasteiger partial charge in [0.1, 0.15) is 6.61 Å². The minimum absolute atomic E-state index is 0.0447. The van der Waals surface area contributed by atoms with Gasteiger partial charge in [0.25, 0.3) is 0 Å². The lowest BCUT2D eigenvalue weighted by Gasteiger charge is -2.19. The smallest absolute Gasteiger partial charge is 0.329 e. The molecule has 7 heteroatoms. The number of carbonyl (C=O) groups is 1. The Morgan fingerprint density at radius 2 is 2.04 bits per heavy atom. The van der Waals surface area contributed by atoms with Crippen molar-refractivity contribution >= 4 is 17.6 Å². The van der Waals surface area contributed by atoms with Gasteiger partial charge in [-0.25, -0.2) is 4.79 Å².